The van der Waals surface area contributed by atoms with E-state index in [0.717, 1.165) is 21.4 Å². The van der Waals surface area contributed by atoms with Crippen LogP contribution in [0.5, 0.6) is 0 Å². The second-order valence-electron chi connectivity index (χ2n) is 8.79. The molecule has 1 aromatic heterocycles. The highest BCUT2D eigenvalue weighted by atomic mass is 79.9. The van der Waals surface area contributed by atoms with Gasteiger partial charge in [0.2, 0.25) is 5.91 Å². The summed E-state index contributed by atoms with van der Waals surface area (Å²) in [6.07, 6.45) is 0. The summed E-state index contributed by atoms with van der Waals surface area (Å²) in [5.74, 6) is 0.790. The molecular formula is C26H24BrClN4OS. The van der Waals surface area contributed by atoms with Crippen molar-refractivity contribution in [3.8, 4) is 17.1 Å². The molecule has 5 nitrogen and oxygen atoms in total. The Balaban J connectivity index is 1.61. The van der Waals surface area contributed by atoms with Crippen LogP contribution in [-0.4, -0.2) is 26.4 Å². The van der Waals surface area contributed by atoms with Gasteiger partial charge in [-0.1, -0.05) is 84.3 Å². The molecule has 0 atom stereocenters. The van der Waals surface area contributed by atoms with E-state index < -0.39 is 0 Å². The second kappa shape index (κ2) is 10.3. The number of rotatable bonds is 6. The molecule has 0 radical (unpaired) electrons. The van der Waals surface area contributed by atoms with Crippen LogP contribution in [0.3, 0.4) is 0 Å². The van der Waals surface area contributed by atoms with Crippen LogP contribution >= 0.6 is 39.3 Å². The number of amides is 1. The zero-order chi connectivity index (χ0) is 24.3. The molecule has 0 saturated heterocycles. The van der Waals surface area contributed by atoms with Crippen molar-refractivity contribution in [1.82, 2.24) is 14.8 Å². The van der Waals surface area contributed by atoms with E-state index in [1.54, 1.807) is 0 Å². The van der Waals surface area contributed by atoms with Crippen LogP contribution in [0.25, 0.3) is 17.1 Å². The van der Waals surface area contributed by atoms with Crippen molar-refractivity contribution >= 4 is 50.9 Å². The lowest BCUT2D eigenvalue weighted by atomic mass is 9.87. The lowest BCUT2D eigenvalue weighted by molar-refractivity contribution is -0.113. The fourth-order valence-electron chi connectivity index (χ4n) is 3.35. The van der Waals surface area contributed by atoms with Gasteiger partial charge in [-0.25, -0.2) is 0 Å². The Morgan fingerprint density at radius 1 is 0.971 bits per heavy atom. The zero-order valence-corrected chi connectivity index (χ0v) is 22.2. The molecule has 1 heterocycles. The van der Waals surface area contributed by atoms with Gasteiger partial charge in [-0.15, -0.1) is 10.2 Å². The standard InChI is InChI=1S/C26H24BrClN4OS/c1-26(2,3)18-6-4-17(5-7-18)24-30-31-25(32(24)22-14-10-20(28)11-15-22)34-16-23(33)29-21-12-8-19(27)9-13-21/h4-15H,16H2,1-3H3,(H,29,33). The number of nitrogens with one attached hydrogen (secondary N) is 1. The quantitative estimate of drug-likeness (QED) is 0.252. The highest BCUT2D eigenvalue weighted by molar-refractivity contribution is 9.10. The first-order valence-electron chi connectivity index (χ1n) is 10.7. The minimum absolute atomic E-state index is 0.0611. The predicted octanol–water partition coefficient (Wildman–Crippen LogP) is 7.38. The number of aromatic nitrogens is 3. The van der Waals surface area contributed by atoms with E-state index in [0.29, 0.717) is 16.0 Å². The number of carbonyl (C=O) groups is 1. The summed E-state index contributed by atoms with van der Waals surface area (Å²) >= 11 is 10.9. The van der Waals surface area contributed by atoms with Gasteiger partial charge in [-0.05, 0) is 59.5 Å². The molecule has 174 valence electrons. The zero-order valence-electron chi connectivity index (χ0n) is 19.0. The highest BCUT2D eigenvalue weighted by Crippen LogP contribution is 2.30. The van der Waals surface area contributed by atoms with Crippen molar-refractivity contribution in [3.05, 3.63) is 87.9 Å². The first-order valence-corrected chi connectivity index (χ1v) is 12.9. The molecule has 0 saturated carbocycles. The number of benzene rings is 3. The number of anilines is 1. The molecule has 4 rings (SSSR count). The summed E-state index contributed by atoms with van der Waals surface area (Å²) < 4.78 is 2.92. The fourth-order valence-corrected chi connectivity index (χ4v) is 4.50. The molecule has 0 aliphatic heterocycles. The number of halogens is 2. The van der Waals surface area contributed by atoms with Crippen LogP contribution in [0, 0.1) is 0 Å². The molecule has 1 N–H and O–H groups in total. The Morgan fingerprint density at radius 2 is 1.62 bits per heavy atom. The van der Waals surface area contributed by atoms with Gasteiger partial charge < -0.3 is 5.32 Å². The largest absolute Gasteiger partial charge is 0.325 e. The molecule has 8 heteroatoms. The van der Waals surface area contributed by atoms with E-state index in [4.69, 9.17) is 11.6 Å². The average Bonchev–Trinajstić information content (AvgIpc) is 3.23. The van der Waals surface area contributed by atoms with Gasteiger partial charge in [0, 0.05) is 26.4 Å². The summed E-state index contributed by atoms with van der Waals surface area (Å²) in [6, 6.07) is 23.3. The van der Waals surface area contributed by atoms with Crippen LogP contribution in [0.15, 0.2) is 82.4 Å². The van der Waals surface area contributed by atoms with E-state index in [2.05, 4.69) is 76.5 Å². The molecule has 0 aliphatic carbocycles. The molecule has 0 spiro atoms. The molecule has 0 bridgehead atoms. The van der Waals surface area contributed by atoms with Crippen LogP contribution in [0.1, 0.15) is 26.3 Å². The molecule has 1 amide bonds. The fraction of sp³-hybridized carbons (Fsp3) is 0.192. The van der Waals surface area contributed by atoms with E-state index in [1.807, 2.05) is 53.1 Å². The van der Waals surface area contributed by atoms with Crippen molar-refractivity contribution < 1.29 is 4.79 Å². The molecule has 34 heavy (non-hydrogen) atoms. The Labute approximate surface area is 217 Å². The van der Waals surface area contributed by atoms with Crippen molar-refractivity contribution in [3.63, 3.8) is 0 Å². The predicted molar refractivity (Wildman–Crippen MR) is 144 cm³/mol. The van der Waals surface area contributed by atoms with Crippen LogP contribution in [-0.2, 0) is 10.2 Å². The molecule has 4 aromatic rings. The SMILES string of the molecule is CC(C)(C)c1ccc(-c2nnc(SCC(=O)Nc3ccc(Br)cc3)n2-c2ccc(Cl)cc2)cc1. The Bertz CT molecular complexity index is 1280. The van der Waals surface area contributed by atoms with Crippen LogP contribution < -0.4 is 5.32 Å². The maximum absolute atomic E-state index is 12.6. The molecule has 0 aliphatic rings. The summed E-state index contributed by atoms with van der Waals surface area (Å²) in [4.78, 5) is 12.6. The normalized spacial score (nSPS) is 11.4. The van der Waals surface area contributed by atoms with Crippen LogP contribution in [0.2, 0.25) is 5.02 Å². The minimum atomic E-state index is -0.117. The summed E-state index contributed by atoms with van der Waals surface area (Å²) in [6.45, 7) is 6.56. The number of hydrogen-bond donors (Lipinski definition) is 1. The minimum Gasteiger partial charge on any atom is -0.325 e. The topological polar surface area (TPSA) is 59.8 Å². The summed E-state index contributed by atoms with van der Waals surface area (Å²) in [5.41, 5.74) is 3.87. The molecule has 3 aromatic carbocycles. The third kappa shape index (κ3) is 5.90. The summed E-state index contributed by atoms with van der Waals surface area (Å²) in [7, 11) is 0. The monoisotopic (exact) mass is 554 g/mol. The first kappa shape index (κ1) is 24.5. The smallest absolute Gasteiger partial charge is 0.234 e. The molecular weight excluding hydrogens is 532 g/mol. The van der Waals surface area contributed by atoms with Crippen molar-refractivity contribution in [1.29, 1.82) is 0 Å². The summed E-state index contributed by atoms with van der Waals surface area (Å²) in [5, 5.41) is 13.1. The van der Waals surface area contributed by atoms with Crippen LogP contribution in [0.4, 0.5) is 5.69 Å². The Morgan fingerprint density at radius 3 is 2.24 bits per heavy atom. The van der Waals surface area contributed by atoms with Gasteiger partial charge >= 0.3 is 0 Å². The third-order valence-electron chi connectivity index (χ3n) is 5.19. The van der Waals surface area contributed by atoms with E-state index in [-0.39, 0.29) is 17.1 Å². The first-order chi connectivity index (χ1) is 16.2. The van der Waals surface area contributed by atoms with Gasteiger partial charge in [0.1, 0.15) is 0 Å². The molecule has 0 fully saturated rings. The van der Waals surface area contributed by atoms with Crippen molar-refractivity contribution in [2.75, 3.05) is 11.1 Å². The third-order valence-corrected chi connectivity index (χ3v) is 6.90. The van der Waals surface area contributed by atoms with Gasteiger partial charge in [0.15, 0.2) is 11.0 Å². The second-order valence-corrected chi connectivity index (χ2v) is 11.1. The van der Waals surface area contributed by atoms with Gasteiger partial charge in [0.05, 0.1) is 5.75 Å². The van der Waals surface area contributed by atoms with E-state index in [1.165, 1.54) is 17.3 Å². The highest BCUT2D eigenvalue weighted by Gasteiger charge is 2.19. The number of hydrogen-bond acceptors (Lipinski definition) is 4. The van der Waals surface area contributed by atoms with E-state index in [9.17, 15) is 4.79 Å². The number of carbonyl (C=O) groups excluding carboxylic acids is 1. The maximum Gasteiger partial charge on any atom is 0.234 e. The van der Waals surface area contributed by atoms with Gasteiger partial charge in [0.25, 0.3) is 0 Å². The van der Waals surface area contributed by atoms with E-state index >= 15 is 0 Å². The number of nitrogens with zero attached hydrogens (tertiary/aromatic N) is 3. The molecule has 0 unspecified atom stereocenters. The van der Waals surface area contributed by atoms with Crippen molar-refractivity contribution in [2.45, 2.75) is 31.3 Å². The van der Waals surface area contributed by atoms with Gasteiger partial charge in [-0.3, -0.25) is 9.36 Å². The maximum atomic E-state index is 12.6. The Kier molecular flexibility index (Phi) is 7.45. The van der Waals surface area contributed by atoms with Gasteiger partial charge in [-0.2, -0.15) is 0 Å². The van der Waals surface area contributed by atoms with Crippen molar-refractivity contribution in [2.24, 2.45) is 0 Å². The lowest BCUT2D eigenvalue weighted by Gasteiger charge is -2.19. The lowest BCUT2D eigenvalue weighted by Crippen LogP contribution is -2.14. The Hall–Kier alpha value is -2.61. The average molecular weight is 556 g/mol. The number of thioether (sulfide) groups is 1.